The zero-order valence-electron chi connectivity index (χ0n) is 27.1. The summed E-state index contributed by atoms with van der Waals surface area (Å²) in [4.78, 5) is 9.02. The van der Waals surface area contributed by atoms with Crippen molar-refractivity contribution in [2.45, 2.75) is 0 Å². The number of amidine groups is 1. The van der Waals surface area contributed by atoms with Crippen LogP contribution in [0.5, 0.6) is 0 Å². The van der Waals surface area contributed by atoms with Gasteiger partial charge >= 0.3 is 0 Å². The molecule has 3 aromatic heterocycles. The second kappa shape index (κ2) is 12.2. The highest BCUT2D eigenvalue weighted by atomic mass is 32.1. The number of hydrogen-bond acceptors (Lipinski definition) is 4. The molecule has 0 spiro atoms. The molecule has 9 aromatic rings. The fourth-order valence-corrected chi connectivity index (χ4v) is 9.49. The standard InChI is InChI=1S/C45H30N2OS2/c1-4-28(26-47-45(46-3)29-12-6-5-7-13-29)42-27(2)48-38-23-19-30(24-37(38)42)32-21-22-33(44-43(32)36-15-9-11-17-40(36)50-44)31-18-20-35-34-14-8-10-16-39(34)49-41(35)25-31/h4-25H,1-3,26H2/b42-28-,47-45?. The molecule has 5 heteroatoms. The third-order valence-electron chi connectivity index (χ3n) is 9.44. The Kier molecular flexibility index (Phi) is 7.38. The molecular formula is C45H30N2OS2. The zero-order chi connectivity index (χ0) is 33.8. The summed E-state index contributed by atoms with van der Waals surface area (Å²) in [5.74, 6) is 0.586. The number of nitrogens with zero attached hydrogens (tertiary/aromatic N) is 2. The van der Waals surface area contributed by atoms with Gasteiger partial charge in [0.05, 0.1) is 6.54 Å². The Bertz CT molecular complexity index is 2960. The lowest BCUT2D eigenvalue weighted by Gasteiger charge is -2.10. The van der Waals surface area contributed by atoms with Crippen LogP contribution < -0.4 is 10.6 Å². The second-order valence-electron chi connectivity index (χ2n) is 12.3. The Labute approximate surface area is 296 Å². The molecule has 0 radical (unpaired) electrons. The van der Waals surface area contributed by atoms with Gasteiger partial charge in [0, 0.05) is 56.5 Å². The van der Waals surface area contributed by atoms with Crippen LogP contribution in [0.2, 0.25) is 0 Å². The third kappa shape index (κ3) is 4.94. The highest BCUT2D eigenvalue weighted by molar-refractivity contribution is 7.26. The minimum atomic E-state index is 0.367. The Morgan fingerprint density at radius 2 is 1.34 bits per heavy atom. The van der Waals surface area contributed by atoms with Crippen molar-refractivity contribution in [2.24, 2.45) is 9.98 Å². The van der Waals surface area contributed by atoms with E-state index in [2.05, 4.69) is 122 Å². The molecule has 50 heavy (non-hydrogen) atoms. The maximum absolute atomic E-state index is 6.21. The molecule has 9 rings (SSSR count). The van der Waals surface area contributed by atoms with E-state index in [1.807, 2.05) is 59.1 Å². The highest BCUT2D eigenvalue weighted by Gasteiger charge is 2.18. The Morgan fingerprint density at radius 1 is 0.660 bits per heavy atom. The van der Waals surface area contributed by atoms with Crippen molar-refractivity contribution in [3.05, 3.63) is 156 Å². The largest absolute Gasteiger partial charge is 0.457 e. The summed E-state index contributed by atoms with van der Waals surface area (Å²) in [5.41, 5.74) is 7.99. The molecule has 6 aromatic carbocycles. The van der Waals surface area contributed by atoms with Gasteiger partial charge in [-0.15, -0.1) is 22.7 Å². The van der Waals surface area contributed by atoms with E-state index in [0.29, 0.717) is 17.8 Å². The average Bonchev–Trinajstić information content (AvgIpc) is 3.83. The first-order chi connectivity index (χ1) is 24.6. The van der Waals surface area contributed by atoms with E-state index in [4.69, 9.17) is 9.41 Å². The lowest BCUT2D eigenvalue weighted by Crippen LogP contribution is -2.22. The van der Waals surface area contributed by atoms with E-state index in [1.54, 1.807) is 0 Å². The third-order valence-corrected chi connectivity index (χ3v) is 11.8. The summed E-state index contributed by atoms with van der Waals surface area (Å²) in [5, 5.41) is 7.05. The van der Waals surface area contributed by atoms with E-state index in [1.165, 1.54) is 57.0 Å². The van der Waals surface area contributed by atoms with Crippen molar-refractivity contribution < 1.29 is 4.42 Å². The Balaban J connectivity index is 1.22. The maximum atomic E-state index is 6.21. The molecule has 0 atom stereocenters. The Hall–Kier alpha value is -5.88. The van der Waals surface area contributed by atoms with Crippen molar-refractivity contribution in [1.29, 1.82) is 0 Å². The van der Waals surface area contributed by atoms with Crippen LogP contribution in [-0.4, -0.2) is 19.1 Å². The molecule has 0 amide bonds. The molecule has 0 N–H and O–H groups in total. The van der Waals surface area contributed by atoms with Gasteiger partial charge in [-0.3, -0.25) is 4.99 Å². The summed E-state index contributed by atoms with van der Waals surface area (Å²) in [6.07, 6.45) is 1.84. The number of hydrogen-bond donors (Lipinski definition) is 0. The van der Waals surface area contributed by atoms with Crippen LogP contribution in [0.4, 0.5) is 0 Å². The Morgan fingerprint density at radius 3 is 2.14 bits per heavy atom. The van der Waals surface area contributed by atoms with Crippen LogP contribution in [0.3, 0.4) is 0 Å². The fraction of sp³-hybridized carbons (Fsp3) is 0.0222. The van der Waals surface area contributed by atoms with Crippen molar-refractivity contribution >= 4 is 98.7 Å². The predicted octanol–water partition coefficient (Wildman–Crippen LogP) is 11.4. The highest BCUT2D eigenvalue weighted by Crippen LogP contribution is 2.46. The zero-order valence-corrected chi connectivity index (χ0v) is 28.8. The second-order valence-corrected chi connectivity index (χ2v) is 14.4. The summed E-state index contributed by atoms with van der Waals surface area (Å²) in [7, 11) is 0. The molecule has 0 unspecified atom stereocenters. The minimum Gasteiger partial charge on any atom is -0.457 e. The lowest BCUT2D eigenvalue weighted by molar-refractivity contribution is 0.577. The summed E-state index contributed by atoms with van der Waals surface area (Å²) in [6, 6.07) is 45.2. The summed E-state index contributed by atoms with van der Waals surface area (Å²) < 4.78 is 11.4. The fourth-order valence-electron chi connectivity index (χ4n) is 7.08. The van der Waals surface area contributed by atoms with E-state index in [0.717, 1.165) is 32.9 Å². The number of fused-ring (bicyclic) bond motifs is 7. The maximum Gasteiger partial charge on any atom is 0.154 e. The van der Waals surface area contributed by atoms with E-state index in [9.17, 15) is 0 Å². The topological polar surface area (TPSA) is 37.9 Å². The minimum absolute atomic E-state index is 0.367. The molecule has 0 bridgehead atoms. The van der Waals surface area contributed by atoms with E-state index >= 15 is 0 Å². The number of thiophene rings is 2. The molecule has 0 aliphatic heterocycles. The number of rotatable bonds is 6. The van der Waals surface area contributed by atoms with Gasteiger partial charge in [0.1, 0.15) is 11.0 Å². The van der Waals surface area contributed by atoms with Gasteiger partial charge in [-0.1, -0.05) is 116 Å². The predicted molar refractivity (Wildman–Crippen MR) is 219 cm³/mol. The normalized spacial score (nSPS) is 12.8. The average molecular weight is 679 g/mol. The molecular weight excluding hydrogens is 649 g/mol. The van der Waals surface area contributed by atoms with Crippen LogP contribution in [0, 0.1) is 0 Å². The quantitative estimate of drug-likeness (QED) is 0.127. The van der Waals surface area contributed by atoms with E-state index < -0.39 is 0 Å². The van der Waals surface area contributed by atoms with Crippen molar-refractivity contribution in [2.75, 3.05) is 6.54 Å². The SMILES string of the molecule is C=C/C(CN=C(N=C)c1ccccc1)=c1\c(=C)oc2ccc(-c3ccc(-c4ccc5c(c4)sc4ccccc45)c4sc5ccccc5c34)cc12. The van der Waals surface area contributed by atoms with Gasteiger partial charge in [0.25, 0.3) is 0 Å². The first-order valence-electron chi connectivity index (χ1n) is 16.4. The first kappa shape index (κ1) is 30.2. The first-order valence-corrected chi connectivity index (χ1v) is 18.0. The van der Waals surface area contributed by atoms with Gasteiger partial charge in [0.15, 0.2) is 5.84 Å². The van der Waals surface area contributed by atoms with Gasteiger partial charge in [-0.25, -0.2) is 4.99 Å². The molecule has 0 aliphatic carbocycles. The van der Waals surface area contributed by atoms with Crippen molar-refractivity contribution in [1.82, 2.24) is 0 Å². The van der Waals surface area contributed by atoms with Crippen molar-refractivity contribution in [3.8, 4) is 22.3 Å². The molecule has 3 heterocycles. The molecule has 0 saturated heterocycles. The molecule has 3 nitrogen and oxygen atoms in total. The summed E-state index contributed by atoms with van der Waals surface area (Å²) >= 11 is 3.72. The van der Waals surface area contributed by atoms with Crippen LogP contribution >= 0.6 is 22.7 Å². The molecule has 238 valence electrons. The number of furan rings is 1. The van der Waals surface area contributed by atoms with Crippen LogP contribution in [0.15, 0.2) is 154 Å². The van der Waals surface area contributed by atoms with Crippen LogP contribution in [-0.2, 0) is 0 Å². The van der Waals surface area contributed by atoms with Crippen LogP contribution in [0.25, 0.3) is 85.7 Å². The van der Waals surface area contributed by atoms with Gasteiger partial charge < -0.3 is 4.42 Å². The van der Waals surface area contributed by atoms with Gasteiger partial charge in [-0.05, 0) is 64.9 Å². The lowest BCUT2D eigenvalue weighted by atomic mass is 9.94. The molecule has 0 fully saturated rings. The summed E-state index contributed by atoms with van der Waals surface area (Å²) in [6.45, 7) is 12.5. The van der Waals surface area contributed by atoms with Gasteiger partial charge in [0.2, 0.25) is 0 Å². The van der Waals surface area contributed by atoms with Crippen LogP contribution in [0.1, 0.15) is 5.56 Å². The van der Waals surface area contributed by atoms with Gasteiger partial charge in [-0.2, -0.15) is 0 Å². The molecule has 0 aliphatic rings. The van der Waals surface area contributed by atoms with Crippen molar-refractivity contribution in [3.63, 3.8) is 0 Å². The van der Waals surface area contributed by atoms with E-state index in [-0.39, 0.29) is 0 Å². The number of benzene rings is 6. The number of aliphatic imine (C=N–C) groups is 2. The monoisotopic (exact) mass is 678 g/mol. The smallest absolute Gasteiger partial charge is 0.154 e. The molecule has 0 saturated carbocycles.